The van der Waals surface area contributed by atoms with Gasteiger partial charge in [0.15, 0.2) is 0 Å². The first-order valence-corrected chi connectivity index (χ1v) is 10.0. The summed E-state index contributed by atoms with van der Waals surface area (Å²) in [5.41, 5.74) is 2.86. The van der Waals surface area contributed by atoms with Crippen molar-refractivity contribution in [3.8, 4) is 0 Å². The molecule has 5 nitrogen and oxygen atoms in total. The van der Waals surface area contributed by atoms with Gasteiger partial charge in [-0.1, -0.05) is 72.8 Å². The topological polar surface area (TPSA) is 64.0 Å². The highest BCUT2D eigenvalue weighted by Gasteiger charge is 2.14. The Morgan fingerprint density at radius 3 is 2.13 bits per heavy atom. The minimum atomic E-state index is -0.206. The summed E-state index contributed by atoms with van der Waals surface area (Å²) in [6, 6.07) is 27.7. The van der Waals surface area contributed by atoms with Crippen LogP contribution < -0.4 is 10.9 Å². The van der Waals surface area contributed by atoms with E-state index in [1.807, 2.05) is 42.5 Å². The summed E-state index contributed by atoms with van der Waals surface area (Å²) in [6.45, 7) is 0.473. The first kappa shape index (κ1) is 19.6. The summed E-state index contributed by atoms with van der Waals surface area (Å²) in [5, 5.41) is 3.46. The lowest BCUT2D eigenvalue weighted by Crippen LogP contribution is -2.33. The number of carbonyl (C=O) groups is 1. The van der Waals surface area contributed by atoms with E-state index < -0.39 is 0 Å². The molecule has 150 valence electrons. The SMILES string of the molecule is O=C(Cn1cnc2ccccc2c1=O)NCCC(c1ccccc1)c1ccccc1. The largest absolute Gasteiger partial charge is 0.355 e. The Kier molecular flexibility index (Phi) is 5.99. The van der Waals surface area contributed by atoms with Crippen molar-refractivity contribution in [1.29, 1.82) is 0 Å². The molecule has 1 aromatic heterocycles. The molecule has 30 heavy (non-hydrogen) atoms. The second kappa shape index (κ2) is 9.18. The average Bonchev–Trinajstić information content (AvgIpc) is 2.80. The van der Waals surface area contributed by atoms with Crippen LogP contribution in [0, 0.1) is 0 Å². The summed E-state index contributed by atoms with van der Waals surface area (Å²) < 4.78 is 1.35. The minimum Gasteiger partial charge on any atom is -0.355 e. The number of amides is 1. The molecule has 0 fully saturated rings. The van der Waals surface area contributed by atoms with Crippen molar-refractivity contribution >= 4 is 16.8 Å². The van der Waals surface area contributed by atoms with Crippen LogP contribution in [0.25, 0.3) is 10.9 Å². The van der Waals surface area contributed by atoms with Crippen LogP contribution in [0.4, 0.5) is 0 Å². The van der Waals surface area contributed by atoms with Crippen LogP contribution in [0.2, 0.25) is 0 Å². The van der Waals surface area contributed by atoms with E-state index in [-0.39, 0.29) is 23.9 Å². The van der Waals surface area contributed by atoms with Gasteiger partial charge in [0.05, 0.1) is 17.2 Å². The van der Waals surface area contributed by atoms with E-state index in [1.54, 1.807) is 18.2 Å². The number of carbonyl (C=O) groups excluding carboxylic acids is 1. The maximum Gasteiger partial charge on any atom is 0.261 e. The van der Waals surface area contributed by atoms with Gasteiger partial charge in [-0.05, 0) is 29.7 Å². The van der Waals surface area contributed by atoms with Gasteiger partial charge in [0.25, 0.3) is 5.56 Å². The minimum absolute atomic E-state index is 0.0436. The van der Waals surface area contributed by atoms with Crippen LogP contribution in [0.3, 0.4) is 0 Å². The first-order valence-electron chi connectivity index (χ1n) is 10.0. The fourth-order valence-corrected chi connectivity index (χ4v) is 3.68. The van der Waals surface area contributed by atoms with E-state index in [0.29, 0.717) is 17.4 Å². The quantitative estimate of drug-likeness (QED) is 0.517. The van der Waals surface area contributed by atoms with Gasteiger partial charge in [0.2, 0.25) is 5.91 Å². The molecule has 0 atom stereocenters. The third-order valence-electron chi connectivity index (χ3n) is 5.20. The molecule has 0 saturated heterocycles. The van der Waals surface area contributed by atoms with Gasteiger partial charge in [-0.15, -0.1) is 0 Å². The van der Waals surface area contributed by atoms with Crippen LogP contribution in [0.15, 0.2) is 96.1 Å². The van der Waals surface area contributed by atoms with E-state index in [4.69, 9.17) is 0 Å². The monoisotopic (exact) mass is 397 g/mol. The lowest BCUT2D eigenvalue weighted by atomic mass is 9.88. The van der Waals surface area contributed by atoms with E-state index in [9.17, 15) is 9.59 Å². The number of rotatable bonds is 7. The lowest BCUT2D eigenvalue weighted by molar-refractivity contribution is -0.121. The van der Waals surface area contributed by atoms with Gasteiger partial charge in [0.1, 0.15) is 6.54 Å². The summed E-state index contributed by atoms with van der Waals surface area (Å²) in [7, 11) is 0. The number of hydrogen-bond donors (Lipinski definition) is 1. The molecule has 0 aliphatic rings. The van der Waals surface area contributed by atoms with Crippen molar-refractivity contribution in [2.75, 3.05) is 6.54 Å². The van der Waals surface area contributed by atoms with Gasteiger partial charge < -0.3 is 5.32 Å². The third-order valence-corrected chi connectivity index (χ3v) is 5.20. The predicted molar refractivity (Wildman–Crippen MR) is 118 cm³/mol. The van der Waals surface area contributed by atoms with Crippen LogP contribution in [0.5, 0.6) is 0 Å². The van der Waals surface area contributed by atoms with Crippen LogP contribution in [-0.2, 0) is 11.3 Å². The zero-order chi connectivity index (χ0) is 20.8. The molecule has 0 unspecified atom stereocenters. The summed E-state index contributed by atoms with van der Waals surface area (Å²) in [6.07, 6.45) is 2.20. The third kappa shape index (κ3) is 4.46. The van der Waals surface area contributed by atoms with Gasteiger partial charge in [-0.3, -0.25) is 14.2 Å². The zero-order valence-electron chi connectivity index (χ0n) is 16.6. The smallest absolute Gasteiger partial charge is 0.261 e. The molecule has 3 aromatic carbocycles. The molecule has 1 amide bonds. The molecule has 0 spiro atoms. The molecule has 0 bridgehead atoms. The van der Waals surface area contributed by atoms with Crippen LogP contribution in [-0.4, -0.2) is 22.0 Å². The van der Waals surface area contributed by atoms with Crippen molar-refractivity contribution in [3.63, 3.8) is 0 Å². The van der Waals surface area contributed by atoms with E-state index in [0.717, 1.165) is 6.42 Å². The van der Waals surface area contributed by atoms with Crippen LogP contribution in [0.1, 0.15) is 23.5 Å². The number of benzene rings is 3. The molecular weight excluding hydrogens is 374 g/mol. The molecule has 1 N–H and O–H groups in total. The Balaban J connectivity index is 1.42. The molecule has 0 radical (unpaired) electrons. The number of nitrogens with one attached hydrogen (secondary N) is 1. The second-order valence-corrected chi connectivity index (χ2v) is 7.21. The Hall–Kier alpha value is -3.73. The molecule has 0 saturated carbocycles. The van der Waals surface area contributed by atoms with Crippen LogP contribution >= 0.6 is 0 Å². The lowest BCUT2D eigenvalue weighted by Gasteiger charge is -2.18. The number of hydrogen-bond acceptors (Lipinski definition) is 3. The highest BCUT2D eigenvalue weighted by Crippen LogP contribution is 2.27. The Labute approximate surface area is 175 Å². The van der Waals surface area contributed by atoms with E-state index >= 15 is 0 Å². The molecule has 4 aromatic rings. The highest BCUT2D eigenvalue weighted by molar-refractivity contribution is 5.78. The van der Waals surface area contributed by atoms with Gasteiger partial charge in [0, 0.05) is 12.5 Å². The van der Waals surface area contributed by atoms with Crippen molar-refractivity contribution in [3.05, 3.63) is 113 Å². The van der Waals surface area contributed by atoms with Gasteiger partial charge in [-0.2, -0.15) is 0 Å². The normalized spacial score (nSPS) is 11.0. The number of para-hydroxylation sites is 1. The molecular formula is C25H23N3O2. The van der Waals surface area contributed by atoms with Gasteiger partial charge >= 0.3 is 0 Å². The first-order chi connectivity index (χ1) is 14.7. The molecule has 4 rings (SSSR count). The van der Waals surface area contributed by atoms with E-state index in [1.165, 1.54) is 22.0 Å². The maximum absolute atomic E-state index is 12.6. The van der Waals surface area contributed by atoms with Crippen molar-refractivity contribution in [2.24, 2.45) is 0 Å². The number of fused-ring (bicyclic) bond motifs is 1. The standard InChI is InChI=1S/C25H23N3O2/c29-24(17-28-18-27-23-14-8-7-13-22(23)25(28)30)26-16-15-21(19-9-3-1-4-10-19)20-11-5-2-6-12-20/h1-14,18,21H,15-17H2,(H,26,29). The summed E-state index contributed by atoms with van der Waals surface area (Å²) >= 11 is 0. The van der Waals surface area contributed by atoms with Gasteiger partial charge in [-0.25, -0.2) is 4.98 Å². The highest BCUT2D eigenvalue weighted by atomic mass is 16.2. The predicted octanol–water partition coefficient (Wildman–Crippen LogP) is 3.73. The fraction of sp³-hybridized carbons (Fsp3) is 0.160. The molecule has 0 aliphatic carbocycles. The summed E-state index contributed by atoms with van der Waals surface area (Å²) in [4.78, 5) is 29.3. The maximum atomic E-state index is 12.6. The molecule has 1 heterocycles. The zero-order valence-corrected chi connectivity index (χ0v) is 16.6. The second-order valence-electron chi connectivity index (χ2n) is 7.21. The molecule has 0 aliphatic heterocycles. The Bertz CT molecular complexity index is 1150. The van der Waals surface area contributed by atoms with Crippen molar-refractivity contribution in [1.82, 2.24) is 14.9 Å². The molecule has 5 heteroatoms. The summed E-state index contributed by atoms with van der Waals surface area (Å²) in [5.74, 6) is -0.00758. The fourth-order valence-electron chi connectivity index (χ4n) is 3.68. The Morgan fingerprint density at radius 1 is 0.867 bits per heavy atom. The number of aromatic nitrogens is 2. The number of nitrogens with zero attached hydrogens (tertiary/aromatic N) is 2. The Morgan fingerprint density at radius 2 is 1.47 bits per heavy atom. The average molecular weight is 397 g/mol. The van der Waals surface area contributed by atoms with Crippen molar-refractivity contribution in [2.45, 2.75) is 18.9 Å². The van der Waals surface area contributed by atoms with E-state index in [2.05, 4.69) is 34.6 Å². The van der Waals surface area contributed by atoms with Crippen molar-refractivity contribution < 1.29 is 4.79 Å².